The van der Waals surface area contributed by atoms with Crippen LogP contribution in [0.2, 0.25) is 0 Å². The summed E-state index contributed by atoms with van der Waals surface area (Å²) >= 11 is 4.92. The van der Waals surface area contributed by atoms with E-state index in [4.69, 9.17) is 5.73 Å². The SMILES string of the molecule is Nc1cnc(Sc2cccc(Br)c2)nc1. The number of anilines is 1. The van der Waals surface area contributed by atoms with Gasteiger partial charge in [0.25, 0.3) is 0 Å². The predicted molar refractivity (Wildman–Crippen MR) is 64.7 cm³/mol. The largest absolute Gasteiger partial charge is 0.396 e. The molecule has 1 aromatic heterocycles. The van der Waals surface area contributed by atoms with Gasteiger partial charge in [0.15, 0.2) is 5.16 Å². The van der Waals surface area contributed by atoms with Crippen molar-refractivity contribution in [3.63, 3.8) is 0 Å². The summed E-state index contributed by atoms with van der Waals surface area (Å²) in [5.74, 6) is 0. The minimum absolute atomic E-state index is 0.577. The summed E-state index contributed by atoms with van der Waals surface area (Å²) in [4.78, 5) is 9.32. The van der Waals surface area contributed by atoms with Crippen molar-refractivity contribution < 1.29 is 0 Å². The summed E-state index contributed by atoms with van der Waals surface area (Å²) < 4.78 is 1.04. The van der Waals surface area contributed by atoms with E-state index in [1.54, 1.807) is 12.4 Å². The highest BCUT2D eigenvalue weighted by Gasteiger charge is 2.00. The molecule has 0 atom stereocenters. The highest BCUT2D eigenvalue weighted by atomic mass is 79.9. The van der Waals surface area contributed by atoms with Gasteiger partial charge in [0.2, 0.25) is 0 Å². The Bertz CT molecular complexity index is 458. The zero-order chi connectivity index (χ0) is 10.7. The maximum absolute atomic E-state index is 5.50. The van der Waals surface area contributed by atoms with E-state index in [2.05, 4.69) is 25.9 Å². The van der Waals surface area contributed by atoms with Crippen LogP contribution < -0.4 is 5.73 Å². The second-order valence-corrected chi connectivity index (χ2v) is 4.81. The van der Waals surface area contributed by atoms with E-state index in [0.717, 1.165) is 9.37 Å². The van der Waals surface area contributed by atoms with Crippen molar-refractivity contribution in [1.82, 2.24) is 9.97 Å². The average molecular weight is 282 g/mol. The maximum Gasteiger partial charge on any atom is 0.192 e. The molecule has 2 N–H and O–H groups in total. The van der Waals surface area contributed by atoms with Crippen LogP contribution in [0.5, 0.6) is 0 Å². The Morgan fingerprint density at radius 3 is 2.60 bits per heavy atom. The van der Waals surface area contributed by atoms with Crippen molar-refractivity contribution in [3.05, 3.63) is 41.1 Å². The van der Waals surface area contributed by atoms with Crippen LogP contribution in [-0.4, -0.2) is 9.97 Å². The second-order valence-electron chi connectivity index (χ2n) is 2.86. The van der Waals surface area contributed by atoms with E-state index in [1.807, 2.05) is 24.3 Å². The number of hydrogen-bond donors (Lipinski definition) is 1. The summed E-state index contributed by atoms with van der Waals surface area (Å²) in [6.45, 7) is 0. The molecule has 0 unspecified atom stereocenters. The third-order valence-corrected chi connectivity index (χ3v) is 3.03. The summed E-state index contributed by atoms with van der Waals surface area (Å²) in [5, 5.41) is 0.697. The molecule has 3 nitrogen and oxygen atoms in total. The lowest BCUT2D eigenvalue weighted by atomic mass is 10.4. The van der Waals surface area contributed by atoms with E-state index < -0.39 is 0 Å². The predicted octanol–water partition coefficient (Wildman–Crippen LogP) is 2.97. The maximum atomic E-state index is 5.50. The Kier molecular flexibility index (Phi) is 3.23. The number of rotatable bonds is 2. The summed E-state index contributed by atoms with van der Waals surface area (Å²) in [6, 6.07) is 7.98. The standard InChI is InChI=1S/C10H8BrN3S/c11-7-2-1-3-9(4-7)15-10-13-5-8(12)6-14-10/h1-6H,12H2. The van der Waals surface area contributed by atoms with Gasteiger partial charge in [-0.05, 0) is 30.0 Å². The first-order valence-electron chi connectivity index (χ1n) is 4.25. The lowest BCUT2D eigenvalue weighted by molar-refractivity contribution is 0.971. The van der Waals surface area contributed by atoms with Crippen LogP contribution in [0.1, 0.15) is 0 Å². The number of nitrogens with two attached hydrogens (primary N) is 1. The van der Waals surface area contributed by atoms with Gasteiger partial charge in [-0.1, -0.05) is 22.0 Å². The van der Waals surface area contributed by atoms with Crippen LogP contribution in [0.3, 0.4) is 0 Å². The molecule has 1 heterocycles. The smallest absolute Gasteiger partial charge is 0.192 e. The van der Waals surface area contributed by atoms with Crippen molar-refractivity contribution in [2.45, 2.75) is 10.1 Å². The Morgan fingerprint density at radius 2 is 1.93 bits per heavy atom. The molecular formula is C10H8BrN3S. The third kappa shape index (κ3) is 2.94. The Hall–Kier alpha value is -1.07. The fourth-order valence-electron chi connectivity index (χ4n) is 1.01. The number of hydrogen-bond acceptors (Lipinski definition) is 4. The molecule has 76 valence electrons. The number of nitrogens with zero attached hydrogens (tertiary/aromatic N) is 2. The monoisotopic (exact) mass is 281 g/mol. The van der Waals surface area contributed by atoms with Crippen molar-refractivity contribution in [3.8, 4) is 0 Å². The number of benzene rings is 1. The van der Waals surface area contributed by atoms with Gasteiger partial charge in [0.05, 0.1) is 18.1 Å². The molecule has 2 aromatic rings. The Labute approximate surface area is 100 Å². The zero-order valence-electron chi connectivity index (χ0n) is 7.72. The molecule has 0 aliphatic rings. The molecule has 2 rings (SSSR count). The average Bonchev–Trinajstić information content (AvgIpc) is 2.22. The molecule has 5 heteroatoms. The molecule has 0 aliphatic carbocycles. The van der Waals surface area contributed by atoms with Crippen molar-refractivity contribution in [2.24, 2.45) is 0 Å². The van der Waals surface area contributed by atoms with Gasteiger partial charge in [-0.3, -0.25) is 0 Å². The van der Waals surface area contributed by atoms with Crippen molar-refractivity contribution in [2.75, 3.05) is 5.73 Å². The van der Waals surface area contributed by atoms with Crippen molar-refractivity contribution in [1.29, 1.82) is 0 Å². The fraction of sp³-hybridized carbons (Fsp3) is 0. The summed E-state index contributed by atoms with van der Waals surface area (Å²) in [5.41, 5.74) is 6.08. The molecule has 0 saturated heterocycles. The molecule has 0 bridgehead atoms. The molecule has 15 heavy (non-hydrogen) atoms. The molecule has 1 aromatic carbocycles. The second kappa shape index (κ2) is 4.63. The van der Waals surface area contributed by atoms with Gasteiger partial charge >= 0.3 is 0 Å². The van der Waals surface area contributed by atoms with Crippen LogP contribution in [0, 0.1) is 0 Å². The molecule has 0 spiro atoms. The number of nitrogen functional groups attached to an aromatic ring is 1. The van der Waals surface area contributed by atoms with E-state index in [-0.39, 0.29) is 0 Å². The van der Waals surface area contributed by atoms with Gasteiger partial charge in [-0.2, -0.15) is 0 Å². The van der Waals surface area contributed by atoms with Gasteiger partial charge in [0, 0.05) is 9.37 Å². The van der Waals surface area contributed by atoms with Gasteiger partial charge < -0.3 is 5.73 Å². The molecule has 0 radical (unpaired) electrons. The van der Waals surface area contributed by atoms with E-state index in [0.29, 0.717) is 10.8 Å². The molecular weight excluding hydrogens is 274 g/mol. The lowest BCUT2D eigenvalue weighted by Gasteiger charge is -2.00. The normalized spacial score (nSPS) is 10.2. The minimum atomic E-state index is 0.577. The van der Waals surface area contributed by atoms with E-state index in [9.17, 15) is 0 Å². The van der Waals surface area contributed by atoms with Crippen LogP contribution in [0.4, 0.5) is 5.69 Å². The highest BCUT2D eigenvalue weighted by Crippen LogP contribution is 2.26. The molecule has 0 aliphatic heterocycles. The summed E-state index contributed by atoms with van der Waals surface area (Å²) in [6.07, 6.45) is 3.21. The number of halogens is 1. The lowest BCUT2D eigenvalue weighted by Crippen LogP contribution is -1.90. The van der Waals surface area contributed by atoms with Crippen LogP contribution >= 0.6 is 27.7 Å². The third-order valence-electron chi connectivity index (χ3n) is 1.65. The topological polar surface area (TPSA) is 51.8 Å². The van der Waals surface area contributed by atoms with E-state index >= 15 is 0 Å². The van der Waals surface area contributed by atoms with Crippen LogP contribution in [-0.2, 0) is 0 Å². The molecule has 0 amide bonds. The highest BCUT2D eigenvalue weighted by molar-refractivity contribution is 9.10. The van der Waals surface area contributed by atoms with Gasteiger partial charge in [0.1, 0.15) is 0 Å². The summed E-state index contributed by atoms with van der Waals surface area (Å²) in [7, 11) is 0. The fourth-order valence-corrected chi connectivity index (χ4v) is 2.32. The first kappa shape index (κ1) is 10.4. The first-order chi connectivity index (χ1) is 7.24. The minimum Gasteiger partial charge on any atom is -0.396 e. The Morgan fingerprint density at radius 1 is 1.20 bits per heavy atom. The van der Waals surface area contributed by atoms with Crippen molar-refractivity contribution >= 4 is 33.4 Å². The zero-order valence-corrected chi connectivity index (χ0v) is 10.1. The van der Waals surface area contributed by atoms with Gasteiger partial charge in [-0.15, -0.1) is 0 Å². The number of aromatic nitrogens is 2. The van der Waals surface area contributed by atoms with E-state index in [1.165, 1.54) is 11.8 Å². The molecule has 0 saturated carbocycles. The quantitative estimate of drug-likeness (QED) is 0.860. The first-order valence-corrected chi connectivity index (χ1v) is 5.86. The Balaban J connectivity index is 2.18. The van der Waals surface area contributed by atoms with Gasteiger partial charge in [-0.25, -0.2) is 9.97 Å². The van der Waals surface area contributed by atoms with Crippen LogP contribution in [0.25, 0.3) is 0 Å². The molecule has 0 fully saturated rings. The van der Waals surface area contributed by atoms with Crippen LogP contribution in [0.15, 0.2) is 51.2 Å².